The van der Waals surface area contributed by atoms with Crippen molar-refractivity contribution in [1.82, 2.24) is 9.13 Å². The SMILES string of the molecule is [2H]C([2H])(c1ccc2c(c1)c1cc(C([2H])([2H])C(C)(C)C)ccc1n2-c1ccc2c(c1)N(c1c(-c3ccccc3)cccc1-c1ccccc1)c1cc(CC(C)(C)C)cc3c1B2c1ccc(-n2c4ccc(C([2H])([2H])C(C)(C)C)cc4c4cc(C([2H])([2H])C(C)(C)C)ccc42)cc1N3c1c(-c2ccccc2)cccc1-c1ccccc1)C(C)(C)C. The van der Waals surface area contributed by atoms with Gasteiger partial charge in [-0.05, 0) is 210 Å². The van der Waals surface area contributed by atoms with Gasteiger partial charge in [0, 0.05) is 88.9 Å². The second kappa shape index (κ2) is 26.5. The van der Waals surface area contributed by atoms with Gasteiger partial charge in [0.05, 0.1) is 33.4 Å². The van der Waals surface area contributed by atoms with Crippen LogP contribution in [0.3, 0.4) is 0 Å². The summed E-state index contributed by atoms with van der Waals surface area (Å²) in [5.41, 5.74) is 23.0. The summed E-state index contributed by atoms with van der Waals surface area (Å²) in [4.78, 5) is 5.18. The maximum absolute atomic E-state index is 9.72. The molecule has 0 saturated carbocycles. The van der Waals surface area contributed by atoms with Crippen LogP contribution < -0.4 is 26.2 Å². The highest BCUT2D eigenvalue weighted by Crippen LogP contribution is 2.54. The molecule has 2 aliphatic heterocycles. The lowest BCUT2D eigenvalue weighted by molar-refractivity contribution is 0.411. The zero-order valence-electron chi connectivity index (χ0n) is 73.1. The van der Waals surface area contributed by atoms with Gasteiger partial charge in [0.25, 0.3) is 6.71 Å². The molecule has 0 fully saturated rings. The Hall–Kier alpha value is -10.9. The minimum absolute atomic E-state index is 0.200. The fraction of sp³-hybridized carbons (Fsp3) is 0.243. The van der Waals surface area contributed by atoms with Crippen molar-refractivity contribution in [2.45, 2.75) is 136 Å². The van der Waals surface area contributed by atoms with Gasteiger partial charge in [0.1, 0.15) is 0 Å². The van der Waals surface area contributed by atoms with E-state index >= 15 is 0 Å². The van der Waals surface area contributed by atoms with Crippen molar-refractivity contribution in [3.05, 3.63) is 307 Å². The van der Waals surface area contributed by atoms with E-state index in [9.17, 15) is 11.0 Å². The lowest BCUT2D eigenvalue weighted by Gasteiger charge is -2.46. The van der Waals surface area contributed by atoms with Crippen LogP contribution in [0.4, 0.5) is 34.1 Å². The van der Waals surface area contributed by atoms with Crippen LogP contribution in [-0.4, -0.2) is 15.8 Å². The van der Waals surface area contributed by atoms with E-state index in [2.05, 4.69) is 270 Å². The summed E-state index contributed by atoms with van der Waals surface area (Å²) in [5.74, 6) is 0. The van der Waals surface area contributed by atoms with Crippen molar-refractivity contribution in [2.75, 3.05) is 9.80 Å². The van der Waals surface area contributed by atoms with E-state index < -0.39 is 53.9 Å². The maximum atomic E-state index is 9.72. The average Bonchev–Trinajstić information content (AvgIpc) is 0.704. The molecule has 17 rings (SSSR count). The summed E-state index contributed by atoms with van der Waals surface area (Å²) < 4.78 is 82.4. The fourth-order valence-corrected chi connectivity index (χ4v) is 17.1. The second-order valence-electron chi connectivity index (χ2n) is 35.3. The normalized spacial score (nSPS) is 14.9. The standard InChI is InChI=1S/C103H101BN4/c1-99(2,3)62-67-42-50-88-82(54-67)83-55-68(63-100(4,5)6)43-51-89(83)105(88)76-46-48-86-92(60-76)107(97-78(72-30-20-16-21-31-72)38-28-39-79(97)73-32-22-17-23-33-73)94-58-71(66-103(13,14)15)59-95-96(94)104(86)87-49-47-77(61-93(87)108(95)98-80(74-34-24-18-25-35-74)40-29-41-81(98)75-36-26-19-27-37-75)106-90-52-44-69(64-101(7,8)9)56-84(90)85-57-70(45-53-91(85)106)65-102(10,11)12/h16-61H,62-66H2,1-15H3/i62D2,63D2,64D2,65D2. The number of hydrogen-bond donors (Lipinski definition) is 0. The summed E-state index contributed by atoms with van der Waals surface area (Å²) in [7, 11) is 0. The molecule has 108 heavy (non-hydrogen) atoms. The molecule has 0 spiro atoms. The summed E-state index contributed by atoms with van der Waals surface area (Å²) >= 11 is 0. The predicted molar refractivity (Wildman–Crippen MR) is 467 cm³/mol. The molecular weight excluding hydrogens is 1300 g/mol. The number of fused-ring (bicyclic) bond motifs is 10. The summed E-state index contributed by atoms with van der Waals surface area (Å²) in [6, 6.07) is 99.8. The largest absolute Gasteiger partial charge is 0.310 e. The van der Waals surface area contributed by atoms with Gasteiger partial charge in [-0.1, -0.05) is 298 Å². The molecule has 2 aliphatic rings. The molecular formula is C103H101BN4. The van der Waals surface area contributed by atoms with Crippen LogP contribution >= 0.6 is 0 Å². The van der Waals surface area contributed by atoms with Crippen molar-refractivity contribution in [3.63, 3.8) is 0 Å². The van der Waals surface area contributed by atoms with E-state index in [0.29, 0.717) is 28.7 Å². The van der Waals surface area contributed by atoms with Crippen molar-refractivity contribution in [1.29, 1.82) is 0 Å². The Bertz CT molecular complexity index is 5750. The van der Waals surface area contributed by atoms with Crippen LogP contribution in [0, 0.1) is 27.1 Å². The molecule has 2 aromatic heterocycles. The van der Waals surface area contributed by atoms with E-state index in [-0.39, 0.29) is 5.41 Å². The number of rotatable bonds is 13. The summed E-state index contributed by atoms with van der Waals surface area (Å²) in [6.07, 6.45) is -6.20. The number of para-hydroxylation sites is 2. The van der Waals surface area contributed by atoms with Crippen LogP contribution in [-0.2, 0) is 31.9 Å². The first-order chi connectivity index (χ1) is 54.7. The van der Waals surface area contributed by atoms with Gasteiger partial charge in [0.15, 0.2) is 0 Å². The third-order valence-electron chi connectivity index (χ3n) is 20.8. The lowest BCUT2D eigenvalue weighted by atomic mass is 9.33. The Kier molecular flexibility index (Phi) is 15.0. The Morgan fingerprint density at radius 1 is 0.269 bits per heavy atom. The monoisotopic (exact) mass is 1410 g/mol. The smallest absolute Gasteiger partial charge is 0.252 e. The zero-order chi connectivity index (χ0) is 82.1. The molecule has 0 atom stereocenters. The number of benzene rings is 13. The molecule has 15 aromatic rings. The molecule has 4 nitrogen and oxygen atoms in total. The Balaban J connectivity index is 1.03. The van der Waals surface area contributed by atoms with Gasteiger partial charge in [-0.3, -0.25) is 0 Å². The maximum Gasteiger partial charge on any atom is 0.252 e. The van der Waals surface area contributed by atoms with Gasteiger partial charge >= 0.3 is 0 Å². The molecule has 0 unspecified atom stereocenters. The zero-order valence-corrected chi connectivity index (χ0v) is 65.1. The van der Waals surface area contributed by atoms with Crippen LogP contribution in [0.2, 0.25) is 0 Å². The van der Waals surface area contributed by atoms with E-state index in [1.54, 1.807) is 0 Å². The molecule has 5 heteroatoms. The first-order valence-corrected chi connectivity index (χ1v) is 38.5. The summed E-state index contributed by atoms with van der Waals surface area (Å²) in [5, 5.41) is 3.33. The van der Waals surface area contributed by atoms with Crippen LogP contribution in [0.5, 0.6) is 0 Å². The number of anilines is 6. The first-order valence-electron chi connectivity index (χ1n) is 42.5. The van der Waals surface area contributed by atoms with Gasteiger partial charge in [0.2, 0.25) is 0 Å². The van der Waals surface area contributed by atoms with Gasteiger partial charge in [-0.25, -0.2) is 0 Å². The quantitative estimate of drug-likeness (QED) is 0.107. The van der Waals surface area contributed by atoms with E-state index in [1.807, 2.05) is 132 Å². The van der Waals surface area contributed by atoms with Crippen molar-refractivity contribution in [3.8, 4) is 55.9 Å². The highest BCUT2D eigenvalue weighted by Gasteiger charge is 2.46. The molecule has 0 N–H and O–H groups in total. The van der Waals surface area contributed by atoms with Crippen LogP contribution in [0.15, 0.2) is 279 Å². The van der Waals surface area contributed by atoms with Crippen molar-refractivity contribution >= 4 is 101 Å². The van der Waals surface area contributed by atoms with Crippen LogP contribution in [0.1, 0.15) is 143 Å². The molecule has 536 valence electrons. The van der Waals surface area contributed by atoms with Gasteiger partial charge < -0.3 is 18.9 Å². The number of hydrogen-bond acceptors (Lipinski definition) is 2. The molecule has 0 bridgehead atoms. The third kappa shape index (κ3) is 13.3. The molecule has 13 aromatic carbocycles. The molecule has 0 aliphatic carbocycles. The van der Waals surface area contributed by atoms with E-state index in [4.69, 9.17) is 0 Å². The number of aromatic nitrogens is 2. The first kappa shape index (κ1) is 61.2. The Labute approximate surface area is 652 Å². The predicted octanol–water partition coefficient (Wildman–Crippen LogP) is 26.6. The minimum atomic E-state index is -1.73. The highest BCUT2D eigenvalue weighted by atomic mass is 15.2. The lowest BCUT2D eigenvalue weighted by Crippen LogP contribution is -2.61. The van der Waals surface area contributed by atoms with Crippen LogP contribution in [0.25, 0.3) is 99.5 Å². The van der Waals surface area contributed by atoms with Crippen molar-refractivity contribution < 1.29 is 11.0 Å². The fourth-order valence-electron chi connectivity index (χ4n) is 17.1. The van der Waals surface area contributed by atoms with Gasteiger partial charge in [-0.2, -0.15) is 0 Å². The Morgan fingerprint density at radius 2 is 0.556 bits per heavy atom. The van der Waals surface area contributed by atoms with E-state index in [1.165, 1.54) is 0 Å². The molecule has 4 heterocycles. The van der Waals surface area contributed by atoms with Gasteiger partial charge in [-0.15, -0.1) is 0 Å². The molecule has 0 radical (unpaired) electrons. The second-order valence-corrected chi connectivity index (χ2v) is 35.3. The third-order valence-corrected chi connectivity index (χ3v) is 20.8. The Morgan fingerprint density at radius 3 is 0.824 bits per heavy atom. The topological polar surface area (TPSA) is 16.3 Å². The molecule has 0 amide bonds. The average molecular weight is 1410 g/mol. The van der Waals surface area contributed by atoms with Crippen molar-refractivity contribution in [2.24, 2.45) is 27.1 Å². The highest BCUT2D eigenvalue weighted by molar-refractivity contribution is 7.00. The summed E-state index contributed by atoms with van der Waals surface area (Å²) in [6.45, 7) is 29.9. The van der Waals surface area contributed by atoms with E-state index in [0.717, 1.165) is 156 Å². The minimum Gasteiger partial charge on any atom is -0.310 e. The number of nitrogens with zero attached hydrogens (tertiary/aromatic N) is 4. The molecule has 0 saturated heterocycles.